The SMILES string of the molecule is CC1CCC(NC(=O)c2cnsn2)(C(=O)O)CC1. The van der Waals surface area contributed by atoms with E-state index in [1.54, 1.807) is 0 Å². The predicted octanol–water partition coefficient (Wildman–Crippen LogP) is 1.30. The summed E-state index contributed by atoms with van der Waals surface area (Å²) in [4.78, 5) is 23.3. The fourth-order valence-corrected chi connectivity index (χ4v) is 2.61. The second kappa shape index (κ2) is 5.01. The Labute approximate surface area is 109 Å². The van der Waals surface area contributed by atoms with Gasteiger partial charge in [-0.3, -0.25) is 4.79 Å². The molecule has 0 aromatic carbocycles. The fraction of sp³-hybridized carbons (Fsp3) is 0.636. The molecule has 0 atom stereocenters. The van der Waals surface area contributed by atoms with E-state index in [0.717, 1.165) is 24.6 Å². The van der Waals surface area contributed by atoms with E-state index < -0.39 is 17.4 Å². The Kier molecular flexibility index (Phi) is 3.60. The summed E-state index contributed by atoms with van der Waals surface area (Å²) in [5.41, 5.74) is -0.966. The van der Waals surface area contributed by atoms with Gasteiger partial charge in [0.25, 0.3) is 5.91 Å². The molecule has 1 aliphatic carbocycles. The van der Waals surface area contributed by atoms with E-state index in [0.29, 0.717) is 18.8 Å². The van der Waals surface area contributed by atoms with E-state index in [4.69, 9.17) is 0 Å². The minimum atomic E-state index is -1.15. The lowest BCUT2D eigenvalue weighted by atomic mass is 9.77. The maximum atomic E-state index is 11.9. The monoisotopic (exact) mass is 269 g/mol. The summed E-state index contributed by atoms with van der Waals surface area (Å²) in [6.07, 6.45) is 3.89. The van der Waals surface area contributed by atoms with Crippen molar-refractivity contribution in [1.29, 1.82) is 0 Å². The van der Waals surface area contributed by atoms with Crippen molar-refractivity contribution in [2.45, 2.75) is 38.1 Å². The first kappa shape index (κ1) is 12.9. The highest BCUT2D eigenvalue weighted by Gasteiger charge is 2.42. The van der Waals surface area contributed by atoms with Crippen LogP contribution in [0.4, 0.5) is 0 Å². The number of rotatable bonds is 3. The molecule has 0 aliphatic heterocycles. The first-order chi connectivity index (χ1) is 8.53. The Hall–Kier alpha value is -1.50. The molecule has 0 bridgehead atoms. The van der Waals surface area contributed by atoms with Crippen LogP contribution in [0, 0.1) is 5.92 Å². The maximum absolute atomic E-state index is 11.9. The van der Waals surface area contributed by atoms with Crippen LogP contribution in [0.15, 0.2) is 6.20 Å². The van der Waals surface area contributed by atoms with Crippen LogP contribution in [0.1, 0.15) is 43.1 Å². The van der Waals surface area contributed by atoms with Gasteiger partial charge in [-0.15, -0.1) is 0 Å². The number of carboxylic acids is 1. The molecule has 1 heterocycles. The van der Waals surface area contributed by atoms with Crippen LogP contribution >= 0.6 is 11.7 Å². The van der Waals surface area contributed by atoms with Gasteiger partial charge in [0.1, 0.15) is 5.54 Å². The molecule has 1 aromatic heterocycles. The van der Waals surface area contributed by atoms with Crippen LogP contribution in [0.2, 0.25) is 0 Å². The van der Waals surface area contributed by atoms with Crippen LogP contribution in [-0.2, 0) is 4.79 Å². The van der Waals surface area contributed by atoms with Gasteiger partial charge in [0.05, 0.1) is 17.9 Å². The highest BCUT2D eigenvalue weighted by Crippen LogP contribution is 2.32. The topological polar surface area (TPSA) is 92.2 Å². The van der Waals surface area contributed by atoms with Crippen molar-refractivity contribution in [3.8, 4) is 0 Å². The lowest BCUT2D eigenvalue weighted by molar-refractivity contribution is -0.146. The lowest BCUT2D eigenvalue weighted by Crippen LogP contribution is -2.56. The van der Waals surface area contributed by atoms with Gasteiger partial charge >= 0.3 is 5.97 Å². The average molecular weight is 269 g/mol. The third-order valence-electron chi connectivity index (χ3n) is 3.48. The Morgan fingerprint density at radius 3 is 2.67 bits per heavy atom. The molecule has 18 heavy (non-hydrogen) atoms. The number of aliphatic carboxylic acids is 1. The maximum Gasteiger partial charge on any atom is 0.329 e. The number of carbonyl (C=O) groups is 2. The number of carbonyl (C=O) groups excluding carboxylic acids is 1. The average Bonchev–Trinajstić information content (AvgIpc) is 2.85. The number of hydrogen-bond acceptors (Lipinski definition) is 5. The van der Waals surface area contributed by atoms with Crippen molar-refractivity contribution in [1.82, 2.24) is 14.1 Å². The van der Waals surface area contributed by atoms with E-state index in [9.17, 15) is 14.7 Å². The zero-order valence-electron chi connectivity index (χ0n) is 10.0. The van der Waals surface area contributed by atoms with Crippen LogP contribution < -0.4 is 5.32 Å². The predicted molar refractivity (Wildman–Crippen MR) is 65.4 cm³/mol. The number of nitrogens with zero attached hydrogens (tertiary/aromatic N) is 2. The second-order valence-electron chi connectivity index (χ2n) is 4.82. The molecule has 1 aromatic rings. The molecule has 6 nitrogen and oxygen atoms in total. The number of nitrogens with one attached hydrogen (secondary N) is 1. The molecule has 7 heteroatoms. The normalized spacial score (nSPS) is 27.7. The molecule has 1 saturated carbocycles. The van der Waals surface area contributed by atoms with E-state index >= 15 is 0 Å². The summed E-state index contributed by atoms with van der Waals surface area (Å²) < 4.78 is 7.55. The van der Waals surface area contributed by atoms with Gasteiger partial charge in [-0.2, -0.15) is 8.75 Å². The molecule has 1 fully saturated rings. The standard InChI is InChI=1S/C11H15N3O3S/c1-7-2-4-11(5-3-7,10(16)17)13-9(15)8-6-12-18-14-8/h6-7H,2-5H2,1H3,(H,13,15)(H,16,17). The van der Waals surface area contributed by atoms with Crippen molar-refractivity contribution < 1.29 is 14.7 Å². The molecule has 0 saturated heterocycles. The molecular formula is C11H15N3O3S. The van der Waals surface area contributed by atoms with Crippen molar-refractivity contribution in [3.63, 3.8) is 0 Å². The second-order valence-corrected chi connectivity index (χ2v) is 5.37. The smallest absolute Gasteiger partial charge is 0.329 e. The first-order valence-corrected chi connectivity index (χ1v) is 6.60. The minimum absolute atomic E-state index is 0.180. The summed E-state index contributed by atoms with van der Waals surface area (Å²) in [6, 6.07) is 0. The number of aromatic nitrogens is 2. The van der Waals surface area contributed by atoms with Crippen LogP contribution in [-0.4, -0.2) is 31.3 Å². The van der Waals surface area contributed by atoms with Crippen molar-refractivity contribution in [2.24, 2.45) is 5.92 Å². The summed E-state index contributed by atoms with van der Waals surface area (Å²) >= 11 is 0.929. The number of hydrogen-bond donors (Lipinski definition) is 2. The van der Waals surface area contributed by atoms with E-state index in [-0.39, 0.29) is 5.69 Å². The van der Waals surface area contributed by atoms with Crippen LogP contribution in [0.5, 0.6) is 0 Å². The minimum Gasteiger partial charge on any atom is -0.480 e. The zero-order chi connectivity index (χ0) is 13.2. The zero-order valence-corrected chi connectivity index (χ0v) is 10.9. The molecule has 2 N–H and O–H groups in total. The van der Waals surface area contributed by atoms with Gasteiger partial charge in [-0.1, -0.05) is 6.92 Å². The van der Waals surface area contributed by atoms with Gasteiger partial charge in [0, 0.05) is 0 Å². The van der Waals surface area contributed by atoms with E-state index in [1.165, 1.54) is 6.20 Å². The third kappa shape index (κ3) is 2.50. The van der Waals surface area contributed by atoms with Crippen molar-refractivity contribution in [2.75, 3.05) is 0 Å². The van der Waals surface area contributed by atoms with Gasteiger partial charge in [0.15, 0.2) is 5.69 Å². The summed E-state index contributed by atoms with van der Waals surface area (Å²) in [5.74, 6) is -0.915. The Morgan fingerprint density at radius 1 is 1.50 bits per heavy atom. The summed E-state index contributed by atoms with van der Waals surface area (Å²) in [5, 5.41) is 12.0. The van der Waals surface area contributed by atoms with Gasteiger partial charge in [-0.25, -0.2) is 4.79 Å². The Bertz CT molecular complexity index is 438. The molecule has 0 radical (unpaired) electrons. The highest BCUT2D eigenvalue weighted by molar-refractivity contribution is 6.99. The van der Waals surface area contributed by atoms with Crippen molar-refractivity contribution >= 4 is 23.6 Å². The summed E-state index contributed by atoms with van der Waals surface area (Å²) in [6.45, 7) is 2.10. The summed E-state index contributed by atoms with van der Waals surface area (Å²) in [7, 11) is 0. The van der Waals surface area contributed by atoms with Gasteiger partial charge < -0.3 is 10.4 Å². The highest BCUT2D eigenvalue weighted by atomic mass is 32.1. The fourth-order valence-electron chi connectivity index (χ4n) is 2.19. The van der Waals surface area contributed by atoms with Gasteiger partial charge in [0.2, 0.25) is 0 Å². The molecular weight excluding hydrogens is 254 g/mol. The third-order valence-corrected chi connectivity index (χ3v) is 3.96. The largest absolute Gasteiger partial charge is 0.480 e. The van der Waals surface area contributed by atoms with Crippen molar-refractivity contribution in [3.05, 3.63) is 11.9 Å². The lowest BCUT2D eigenvalue weighted by Gasteiger charge is -2.36. The molecule has 0 spiro atoms. The number of carboxylic acid groups (broad SMARTS) is 1. The van der Waals surface area contributed by atoms with Crippen LogP contribution in [0.25, 0.3) is 0 Å². The quantitative estimate of drug-likeness (QED) is 0.863. The molecule has 1 aliphatic rings. The van der Waals surface area contributed by atoms with E-state index in [1.807, 2.05) is 0 Å². The van der Waals surface area contributed by atoms with E-state index in [2.05, 4.69) is 21.0 Å². The van der Waals surface area contributed by atoms with Gasteiger partial charge in [-0.05, 0) is 31.6 Å². The first-order valence-electron chi connectivity index (χ1n) is 5.87. The Morgan fingerprint density at radius 2 is 2.17 bits per heavy atom. The molecule has 1 amide bonds. The molecule has 2 rings (SSSR count). The molecule has 98 valence electrons. The van der Waals surface area contributed by atoms with Crippen LogP contribution in [0.3, 0.4) is 0 Å². The Balaban J connectivity index is 2.12. The molecule has 0 unspecified atom stereocenters. The number of amides is 1.